The van der Waals surface area contributed by atoms with Crippen LogP contribution in [0.2, 0.25) is 0 Å². The van der Waals surface area contributed by atoms with E-state index in [4.69, 9.17) is 0 Å². The van der Waals surface area contributed by atoms with Gasteiger partial charge in [0, 0.05) is 37.6 Å². The number of nitrogens with zero attached hydrogens (tertiary/aromatic N) is 2. The molecule has 1 aliphatic rings. The Balaban J connectivity index is 1.58. The molecule has 1 atom stereocenters. The maximum atomic E-state index is 13.3. The van der Waals surface area contributed by atoms with Gasteiger partial charge < -0.3 is 10.2 Å². The fourth-order valence-electron chi connectivity index (χ4n) is 3.41. The quantitative estimate of drug-likeness (QED) is 0.910. The lowest BCUT2D eigenvalue weighted by Crippen LogP contribution is -2.53. The molecular formula is C21H26FN3O. The van der Waals surface area contributed by atoms with Gasteiger partial charge in [-0.2, -0.15) is 0 Å². The van der Waals surface area contributed by atoms with Crippen molar-refractivity contribution in [3.8, 4) is 0 Å². The summed E-state index contributed by atoms with van der Waals surface area (Å²) in [6.45, 7) is 9.63. The van der Waals surface area contributed by atoms with Gasteiger partial charge in [-0.05, 0) is 56.2 Å². The second kappa shape index (κ2) is 7.87. The number of carbonyl (C=O) groups excluding carboxylic acids is 1. The molecule has 0 spiro atoms. The molecule has 0 aromatic heterocycles. The fourth-order valence-corrected chi connectivity index (χ4v) is 3.41. The number of anilines is 2. The van der Waals surface area contributed by atoms with Crippen molar-refractivity contribution in [1.29, 1.82) is 0 Å². The number of hydrogen-bond acceptors (Lipinski definition) is 3. The van der Waals surface area contributed by atoms with Crippen LogP contribution < -0.4 is 10.2 Å². The standard InChI is InChI=1S/C21H26FN3O/c1-15-6-4-9-20(16(15)2)25-12-10-24(11-13-25)17(3)21(26)23-19-8-5-7-18(22)14-19/h4-9,14,17H,10-13H2,1-3H3,(H,23,26)/t17-/m0/s1. The van der Waals surface area contributed by atoms with E-state index < -0.39 is 0 Å². The Kier molecular flexibility index (Phi) is 5.57. The minimum atomic E-state index is -0.349. The first-order valence-corrected chi connectivity index (χ1v) is 9.07. The second-order valence-electron chi connectivity index (χ2n) is 6.92. The van der Waals surface area contributed by atoms with Crippen LogP contribution in [0.15, 0.2) is 42.5 Å². The minimum absolute atomic E-state index is 0.101. The van der Waals surface area contributed by atoms with E-state index >= 15 is 0 Å². The molecule has 1 amide bonds. The number of rotatable bonds is 4. The van der Waals surface area contributed by atoms with Crippen molar-refractivity contribution >= 4 is 17.3 Å². The maximum Gasteiger partial charge on any atom is 0.241 e. The molecule has 1 saturated heterocycles. The number of hydrogen-bond donors (Lipinski definition) is 1. The maximum absolute atomic E-state index is 13.3. The van der Waals surface area contributed by atoms with Gasteiger partial charge in [0.1, 0.15) is 5.82 Å². The lowest BCUT2D eigenvalue weighted by atomic mass is 10.1. The zero-order chi connectivity index (χ0) is 18.7. The first-order valence-electron chi connectivity index (χ1n) is 9.07. The first-order chi connectivity index (χ1) is 12.5. The van der Waals surface area contributed by atoms with Gasteiger partial charge in [0.25, 0.3) is 0 Å². The minimum Gasteiger partial charge on any atom is -0.369 e. The van der Waals surface area contributed by atoms with Gasteiger partial charge in [-0.1, -0.05) is 18.2 Å². The Morgan fingerprint density at radius 3 is 2.46 bits per heavy atom. The monoisotopic (exact) mass is 355 g/mol. The van der Waals surface area contributed by atoms with Crippen molar-refractivity contribution in [3.05, 3.63) is 59.4 Å². The molecule has 138 valence electrons. The van der Waals surface area contributed by atoms with E-state index in [1.165, 1.54) is 28.9 Å². The normalized spacial score (nSPS) is 16.4. The van der Waals surface area contributed by atoms with Crippen LogP contribution in [-0.4, -0.2) is 43.0 Å². The van der Waals surface area contributed by atoms with Crippen LogP contribution in [0.3, 0.4) is 0 Å². The van der Waals surface area contributed by atoms with Crippen LogP contribution in [0.25, 0.3) is 0 Å². The predicted octanol–water partition coefficient (Wildman–Crippen LogP) is 3.59. The molecule has 0 bridgehead atoms. The summed E-state index contributed by atoms with van der Waals surface area (Å²) in [5.74, 6) is -0.451. The van der Waals surface area contributed by atoms with E-state index in [1.807, 2.05) is 6.92 Å². The topological polar surface area (TPSA) is 35.6 Å². The number of carbonyl (C=O) groups is 1. The van der Waals surface area contributed by atoms with Gasteiger partial charge >= 0.3 is 0 Å². The van der Waals surface area contributed by atoms with Crippen molar-refractivity contribution in [2.24, 2.45) is 0 Å². The van der Waals surface area contributed by atoms with Crippen molar-refractivity contribution in [1.82, 2.24) is 4.90 Å². The molecule has 0 saturated carbocycles. The SMILES string of the molecule is Cc1cccc(N2CCN([C@@H](C)C(=O)Nc3cccc(F)c3)CC2)c1C. The van der Waals surface area contributed by atoms with E-state index in [1.54, 1.807) is 12.1 Å². The van der Waals surface area contributed by atoms with Crippen LogP contribution in [0, 0.1) is 19.7 Å². The van der Waals surface area contributed by atoms with E-state index in [-0.39, 0.29) is 17.8 Å². The molecule has 0 unspecified atom stereocenters. The Labute approximate surface area is 154 Å². The van der Waals surface area contributed by atoms with Crippen molar-refractivity contribution in [3.63, 3.8) is 0 Å². The molecule has 2 aromatic rings. The third kappa shape index (κ3) is 4.05. The van der Waals surface area contributed by atoms with Crippen LogP contribution in [0.1, 0.15) is 18.1 Å². The summed E-state index contributed by atoms with van der Waals surface area (Å²) in [6.07, 6.45) is 0. The predicted molar refractivity (Wildman–Crippen MR) is 104 cm³/mol. The molecule has 1 aliphatic heterocycles. The van der Waals surface area contributed by atoms with E-state index in [0.717, 1.165) is 26.2 Å². The molecule has 0 aliphatic carbocycles. The molecule has 2 aromatic carbocycles. The molecule has 5 heteroatoms. The largest absolute Gasteiger partial charge is 0.369 e. The summed E-state index contributed by atoms with van der Waals surface area (Å²) in [5, 5.41) is 2.81. The van der Waals surface area contributed by atoms with Gasteiger partial charge in [-0.25, -0.2) is 4.39 Å². The van der Waals surface area contributed by atoms with Crippen molar-refractivity contribution in [2.45, 2.75) is 26.8 Å². The molecule has 1 N–H and O–H groups in total. The lowest BCUT2D eigenvalue weighted by Gasteiger charge is -2.39. The third-order valence-electron chi connectivity index (χ3n) is 5.25. The average Bonchev–Trinajstić information content (AvgIpc) is 2.63. The molecule has 3 rings (SSSR count). The zero-order valence-corrected chi connectivity index (χ0v) is 15.6. The fraction of sp³-hybridized carbons (Fsp3) is 0.381. The molecule has 1 heterocycles. The summed E-state index contributed by atoms with van der Waals surface area (Å²) >= 11 is 0. The number of nitrogens with one attached hydrogen (secondary N) is 1. The van der Waals surface area contributed by atoms with Gasteiger partial charge in [-0.3, -0.25) is 9.69 Å². The number of halogens is 1. The van der Waals surface area contributed by atoms with Gasteiger partial charge in [0.15, 0.2) is 0 Å². The summed E-state index contributed by atoms with van der Waals surface area (Å²) in [7, 11) is 0. The molecule has 26 heavy (non-hydrogen) atoms. The highest BCUT2D eigenvalue weighted by Gasteiger charge is 2.26. The summed E-state index contributed by atoms with van der Waals surface area (Å²) in [5.41, 5.74) is 4.39. The van der Waals surface area contributed by atoms with Crippen molar-refractivity contribution in [2.75, 3.05) is 36.4 Å². The molecule has 1 fully saturated rings. The molecule has 4 nitrogen and oxygen atoms in total. The van der Waals surface area contributed by atoms with E-state index in [9.17, 15) is 9.18 Å². The summed E-state index contributed by atoms with van der Waals surface area (Å²) in [4.78, 5) is 17.0. The Hall–Kier alpha value is -2.40. The van der Waals surface area contributed by atoms with Gasteiger partial charge in [-0.15, -0.1) is 0 Å². The Morgan fingerprint density at radius 2 is 1.77 bits per heavy atom. The highest BCUT2D eigenvalue weighted by molar-refractivity contribution is 5.94. The first kappa shape index (κ1) is 18.4. The van der Waals surface area contributed by atoms with E-state index in [2.05, 4.69) is 47.2 Å². The van der Waals surface area contributed by atoms with Gasteiger partial charge in [0.2, 0.25) is 5.91 Å². The highest BCUT2D eigenvalue weighted by Crippen LogP contribution is 2.24. The smallest absolute Gasteiger partial charge is 0.241 e. The van der Waals surface area contributed by atoms with Crippen LogP contribution >= 0.6 is 0 Å². The summed E-state index contributed by atoms with van der Waals surface area (Å²) in [6, 6.07) is 12.1. The van der Waals surface area contributed by atoms with E-state index in [0.29, 0.717) is 5.69 Å². The average molecular weight is 355 g/mol. The number of aryl methyl sites for hydroxylation is 1. The zero-order valence-electron chi connectivity index (χ0n) is 15.6. The van der Waals surface area contributed by atoms with Crippen LogP contribution in [-0.2, 0) is 4.79 Å². The Morgan fingerprint density at radius 1 is 1.08 bits per heavy atom. The molecular weight excluding hydrogens is 329 g/mol. The number of piperazine rings is 1. The summed E-state index contributed by atoms with van der Waals surface area (Å²) < 4.78 is 13.3. The number of amides is 1. The third-order valence-corrected chi connectivity index (χ3v) is 5.25. The van der Waals surface area contributed by atoms with Crippen molar-refractivity contribution < 1.29 is 9.18 Å². The van der Waals surface area contributed by atoms with Crippen LogP contribution in [0.5, 0.6) is 0 Å². The van der Waals surface area contributed by atoms with Gasteiger partial charge in [0.05, 0.1) is 6.04 Å². The Bertz CT molecular complexity index is 785. The highest BCUT2D eigenvalue weighted by atomic mass is 19.1. The lowest BCUT2D eigenvalue weighted by molar-refractivity contribution is -0.120. The number of benzene rings is 2. The van der Waals surface area contributed by atoms with Crippen LogP contribution in [0.4, 0.5) is 15.8 Å². The molecule has 0 radical (unpaired) electrons. The second-order valence-corrected chi connectivity index (χ2v) is 6.92.